The van der Waals surface area contributed by atoms with Crippen LogP contribution in [-0.2, 0) is 13.8 Å². The van der Waals surface area contributed by atoms with Crippen LogP contribution in [0.3, 0.4) is 0 Å². The maximum atomic E-state index is 15.1. The predicted octanol–water partition coefficient (Wildman–Crippen LogP) is 3.21. The van der Waals surface area contributed by atoms with Crippen LogP contribution in [-0.4, -0.2) is 59.8 Å². The molecule has 2 heterocycles. The molecule has 17 heteroatoms. The van der Waals surface area contributed by atoms with Crippen LogP contribution in [0.1, 0.15) is 6.23 Å². The van der Waals surface area contributed by atoms with Gasteiger partial charge in [0.1, 0.15) is 29.1 Å². The molecule has 3 aromatic rings. The highest BCUT2D eigenvalue weighted by Gasteiger charge is 2.62. The number of aliphatic hydroxyl groups excluding tert-OH is 1. The first-order valence-corrected chi connectivity index (χ1v) is 13.1. The van der Waals surface area contributed by atoms with Crippen molar-refractivity contribution in [3.63, 3.8) is 0 Å². The molecule has 12 nitrogen and oxygen atoms in total. The third kappa shape index (κ3) is 6.25. The van der Waals surface area contributed by atoms with Gasteiger partial charge in [0.2, 0.25) is 5.82 Å². The average Bonchev–Trinajstić information content (AvgIpc) is 3.21. The largest absolute Gasteiger partial charge is 0.587 e. The lowest BCUT2D eigenvalue weighted by molar-refractivity contribution is -0.193. The van der Waals surface area contributed by atoms with Crippen LogP contribution in [0.5, 0.6) is 23.0 Å². The van der Waals surface area contributed by atoms with E-state index in [-0.39, 0.29) is 22.3 Å². The van der Waals surface area contributed by atoms with E-state index in [2.05, 4.69) is 0 Å². The summed E-state index contributed by atoms with van der Waals surface area (Å²) in [5.74, 6) is -0.975. The first kappa shape index (κ1) is 30.1. The highest BCUT2D eigenvalue weighted by Crippen LogP contribution is 2.52. The van der Waals surface area contributed by atoms with Gasteiger partial charge in [-0.2, -0.15) is 4.39 Å². The minimum Gasteiger partial charge on any atom is -0.497 e. The summed E-state index contributed by atoms with van der Waals surface area (Å²) in [4.78, 5) is 25.0. The molecule has 0 bridgehead atoms. The summed E-state index contributed by atoms with van der Waals surface area (Å²) >= 11 is 0. The van der Waals surface area contributed by atoms with Crippen LogP contribution in [0.4, 0.5) is 17.6 Å². The molecule has 4 atom stereocenters. The number of nitrogens with one attached hydrogen (secondary N) is 1. The zero-order chi connectivity index (χ0) is 29.9. The molecule has 1 aliphatic heterocycles. The Balaban J connectivity index is 1.65. The highest BCUT2D eigenvalue weighted by molar-refractivity contribution is 7.49. The number of aliphatic hydroxyl groups is 1. The number of methoxy groups -OCH3 is 2. The maximum absolute atomic E-state index is 15.1. The first-order chi connectivity index (χ1) is 19.4. The number of phosphoric ester groups is 1. The quantitative estimate of drug-likeness (QED) is 0.246. The Hall–Kier alpha value is -3.85. The lowest BCUT2D eigenvalue weighted by atomic mass is 9.97. The van der Waals surface area contributed by atoms with Crippen molar-refractivity contribution in [2.24, 2.45) is 0 Å². The lowest BCUT2D eigenvalue weighted by Gasteiger charge is -2.31. The molecular weight excluding hydrogens is 583 g/mol. The van der Waals surface area contributed by atoms with Crippen LogP contribution in [0, 0.1) is 5.82 Å². The van der Waals surface area contributed by atoms with E-state index in [0.29, 0.717) is 11.5 Å². The molecule has 4 unspecified atom stereocenters. The molecule has 1 fully saturated rings. The molecule has 2 N–H and O–H groups in total. The number of rotatable bonds is 11. The molecule has 1 aromatic heterocycles. The van der Waals surface area contributed by atoms with Crippen LogP contribution in [0.15, 0.2) is 64.3 Å². The number of halogens is 4. The van der Waals surface area contributed by atoms with E-state index in [1.165, 1.54) is 67.7 Å². The van der Waals surface area contributed by atoms with E-state index in [1.807, 2.05) is 0 Å². The number of nitrogens with zero attached hydrogens (tertiary/aromatic N) is 1. The van der Waals surface area contributed by atoms with Crippen molar-refractivity contribution in [2.75, 3.05) is 20.8 Å². The SMILES string of the molecule is COc1ccc(OP(=O)(OCC2(C(F)F)OC(n3cc(F)c(=O)[nH]c3=O)C(F)C2O)Oc2ccc(OC)cc2)cc1. The number of H-pyrrole nitrogens is 1. The number of alkyl halides is 3. The van der Waals surface area contributed by atoms with Gasteiger partial charge >= 0.3 is 13.5 Å². The third-order valence-electron chi connectivity index (χ3n) is 5.98. The first-order valence-electron chi connectivity index (χ1n) is 11.6. The second kappa shape index (κ2) is 11.9. The number of hydrogen-bond acceptors (Lipinski definition) is 10. The van der Waals surface area contributed by atoms with Crippen LogP contribution >= 0.6 is 7.82 Å². The van der Waals surface area contributed by atoms with Gasteiger partial charge in [0, 0.05) is 0 Å². The van der Waals surface area contributed by atoms with Gasteiger partial charge in [-0.25, -0.2) is 22.5 Å². The summed E-state index contributed by atoms with van der Waals surface area (Å²) in [6, 6.07) is 10.9. The zero-order valence-electron chi connectivity index (χ0n) is 21.2. The Morgan fingerprint density at radius 2 is 1.49 bits per heavy atom. The summed E-state index contributed by atoms with van der Waals surface area (Å²) in [7, 11) is -2.12. The fraction of sp³-hybridized carbons (Fsp3) is 0.333. The molecule has 0 radical (unpaired) electrons. The smallest absolute Gasteiger partial charge is 0.497 e. The zero-order valence-corrected chi connectivity index (χ0v) is 22.1. The molecule has 41 heavy (non-hydrogen) atoms. The van der Waals surface area contributed by atoms with Crippen molar-refractivity contribution in [3.05, 3.63) is 81.4 Å². The Labute approximate surface area is 228 Å². The maximum Gasteiger partial charge on any atom is 0.587 e. The minimum absolute atomic E-state index is 0.113. The summed E-state index contributed by atoms with van der Waals surface area (Å²) in [5, 5.41) is 10.5. The second-order valence-corrected chi connectivity index (χ2v) is 10.1. The van der Waals surface area contributed by atoms with Crippen molar-refractivity contribution in [2.45, 2.75) is 30.5 Å². The molecular formula is C24H23F4N2O10P. The average molecular weight is 606 g/mol. The van der Waals surface area contributed by atoms with Gasteiger partial charge in [-0.05, 0) is 48.5 Å². The number of phosphoric acid groups is 1. The van der Waals surface area contributed by atoms with Crippen LogP contribution in [0.2, 0.25) is 0 Å². The van der Waals surface area contributed by atoms with E-state index >= 15 is 4.39 Å². The van der Waals surface area contributed by atoms with Gasteiger partial charge in [0.25, 0.3) is 12.0 Å². The molecule has 0 spiro atoms. The standard InChI is InChI=1S/C24H23F4N2O10P/c1-35-13-3-7-15(8-4-13)39-41(34,40-16-9-5-14(36-2)6-10-16)37-12-24(22(27)28)19(31)18(26)21(38-24)30-11-17(25)20(32)29-23(30)33/h3-11,18-19,21-22,31H,12H2,1-2H3,(H,29,32,33). The van der Waals surface area contributed by atoms with Crippen molar-refractivity contribution < 1.29 is 55.0 Å². The Kier molecular flexibility index (Phi) is 8.77. The lowest BCUT2D eigenvalue weighted by Crippen LogP contribution is -2.52. The molecule has 4 rings (SSSR count). The molecule has 0 aliphatic carbocycles. The van der Waals surface area contributed by atoms with Gasteiger partial charge < -0.3 is 28.4 Å². The van der Waals surface area contributed by atoms with E-state index in [9.17, 15) is 32.4 Å². The third-order valence-corrected chi connectivity index (χ3v) is 7.30. The van der Waals surface area contributed by atoms with Gasteiger partial charge in [0.15, 0.2) is 18.0 Å². The Bertz CT molecular complexity index is 1470. The van der Waals surface area contributed by atoms with Crippen LogP contribution in [0.25, 0.3) is 0 Å². The summed E-state index contributed by atoms with van der Waals surface area (Å²) in [6.07, 6.45) is -11.2. The van der Waals surface area contributed by atoms with Gasteiger partial charge in [-0.15, -0.1) is 0 Å². The van der Waals surface area contributed by atoms with E-state index < -0.39 is 62.0 Å². The fourth-order valence-corrected chi connectivity index (χ4v) is 5.05. The number of aromatic nitrogens is 2. The van der Waals surface area contributed by atoms with E-state index in [1.54, 1.807) is 0 Å². The number of hydrogen-bond donors (Lipinski definition) is 2. The normalized spacial score (nSPS) is 22.5. The molecule has 2 aromatic carbocycles. The van der Waals surface area contributed by atoms with Crippen molar-refractivity contribution in [3.8, 4) is 23.0 Å². The van der Waals surface area contributed by atoms with Crippen molar-refractivity contribution in [1.29, 1.82) is 0 Å². The van der Waals surface area contributed by atoms with E-state index in [4.69, 9.17) is 27.8 Å². The highest BCUT2D eigenvalue weighted by atomic mass is 31.2. The topological polar surface area (TPSA) is 148 Å². The summed E-state index contributed by atoms with van der Waals surface area (Å²) < 4.78 is 103. The molecule has 0 amide bonds. The summed E-state index contributed by atoms with van der Waals surface area (Å²) in [6.45, 7) is -1.49. The number of benzene rings is 2. The van der Waals surface area contributed by atoms with Crippen LogP contribution < -0.4 is 29.8 Å². The van der Waals surface area contributed by atoms with Gasteiger partial charge in [-0.3, -0.25) is 18.9 Å². The number of ether oxygens (including phenoxy) is 3. The molecule has 0 saturated carbocycles. The Morgan fingerprint density at radius 1 is 1.00 bits per heavy atom. The summed E-state index contributed by atoms with van der Waals surface area (Å²) in [5.41, 5.74) is -6.10. The van der Waals surface area contributed by atoms with E-state index in [0.717, 1.165) is 0 Å². The second-order valence-electron chi connectivity index (χ2n) is 8.55. The monoisotopic (exact) mass is 606 g/mol. The van der Waals surface area contributed by atoms with Gasteiger partial charge in [-0.1, -0.05) is 0 Å². The predicted molar refractivity (Wildman–Crippen MR) is 132 cm³/mol. The minimum atomic E-state index is -4.91. The molecule has 1 saturated heterocycles. The fourth-order valence-electron chi connectivity index (χ4n) is 3.79. The van der Waals surface area contributed by atoms with Gasteiger partial charge in [0.05, 0.1) is 27.0 Å². The number of aromatic amines is 1. The van der Waals surface area contributed by atoms with Crippen molar-refractivity contribution in [1.82, 2.24) is 9.55 Å². The van der Waals surface area contributed by atoms with Crippen molar-refractivity contribution >= 4 is 7.82 Å². The Morgan fingerprint density at radius 3 is 1.95 bits per heavy atom. The molecule has 222 valence electrons. The molecule has 1 aliphatic rings.